The van der Waals surface area contributed by atoms with Gasteiger partial charge in [0.2, 0.25) is 0 Å². The summed E-state index contributed by atoms with van der Waals surface area (Å²) in [6, 6.07) is 3.97. The average Bonchev–Trinajstić information content (AvgIpc) is 2.27. The minimum atomic E-state index is 0.722. The van der Waals surface area contributed by atoms with Gasteiger partial charge in [-0.2, -0.15) is 0 Å². The molecule has 0 saturated carbocycles. The van der Waals surface area contributed by atoms with Gasteiger partial charge >= 0.3 is 0 Å². The summed E-state index contributed by atoms with van der Waals surface area (Å²) in [6.45, 7) is 4.00. The molecule has 0 radical (unpaired) electrons. The smallest absolute Gasteiger partial charge is 0.139 e. The average molecular weight is 307 g/mol. The van der Waals surface area contributed by atoms with Crippen LogP contribution in [0.1, 0.15) is 11.3 Å². The molecule has 0 N–H and O–H groups in total. The maximum atomic E-state index is 6.10. The Balaban J connectivity index is 2.94. The fraction of sp³-hybridized carbons (Fsp3) is 0.222. The molecule has 0 amide bonds. The summed E-state index contributed by atoms with van der Waals surface area (Å²) in [5.41, 5.74) is 3.08. The Morgan fingerprint density at radius 1 is 1.38 bits per heavy atom. The number of hydrogen-bond acceptors (Lipinski definition) is 1. The van der Waals surface area contributed by atoms with Gasteiger partial charge in [0, 0.05) is 0 Å². The Bertz CT molecular complexity index is 476. The quantitative estimate of drug-likeness (QED) is 0.540. The second kappa shape index (κ2) is 3.13. The number of halogens is 2. The van der Waals surface area contributed by atoms with Crippen LogP contribution in [0.15, 0.2) is 12.1 Å². The number of rotatable bonds is 0. The molecule has 68 valence electrons. The van der Waals surface area contributed by atoms with Gasteiger partial charge in [-0.3, -0.25) is 4.40 Å². The predicted molar refractivity (Wildman–Crippen MR) is 62.4 cm³/mol. The van der Waals surface area contributed by atoms with Gasteiger partial charge in [-0.15, -0.1) is 0 Å². The lowest BCUT2D eigenvalue weighted by Crippen LogP contribution is -1.90. The fourth-order valence-electron chi connectivity index (χ4n) is 1.33. The first-order chi connectivity index (χ1) is 6.09. The molecule has 0 saturated heterocycles. The summed E-state index contributed by atoms with van der Waals surface area (Å²) < 4.78 is 3.03. The summed E-state index contributed by atoms with van der Waals surface area (Å²) in [7, 11) is 0. The molecule has 2 nitrogen and oxygen atoms in total. The third kappa shape index (κ3) is 1.44. The van der Waals surface area contributed by atoms with Crippen molar-refractivity contribution < 1.29 is 0 Å². The Kier molecular flexibility index (Phi) is 2.23. The van der Waals surface area contributed by atoms with Crippen LogP contribution < -0.4 is 0 Å². The minimum absolute atomic E-state index is 0.722. The van der Waals surface area contributed by atoms with Crippen LogP contribution in [0.4, 0.5) is 0 Å². The van der Waals surface area contributed by atoms with Gasteiger partial charge < -0.3 is 0 Å². The third-order valence-corrected chi connectivity index (χ3v) is 3.46. The highest BCUT2D eigenvalue weighted by atomic mass is 127. The zero-order valence-corrected chi connectivity index (χ0v) is 10.2. The van der Waals surface area contributed by atoms with E-state index >= 15 is 0 Å². The first kappa shape index (κ1) is 9.27. The first-order valence-corrected chi connectivity index (χ1v) is 5.36. The Morgan fingerprint density at radius 2 is 2.08 bits per heavy atom. The molecule has 0 bridgehead atoms. The number of imidazole rings is 1. The van der Waals surface area contributed by atoms with E-state index in [0.717, 1.165) is 25.8 Å². The molecular weight excluding hydrogens is 298 g/mol. The normalized spacial score (nSPS) is 11.1. The Labute approximate surface area is 95.1 Å². The van der Waals surface area contributed by atoms with Crippen LogP contribution in [-0.2, 0) is 0 Å². The number of hydrogen-bond donors (Lipinski definition) is 0. The second-order valence-corrected chi connectivity index (χ2v) is 4.45. The van der Waals surface area contributed by atoms with Gasteiger partial charge in [-0.1, -0.05) is 11.6 Å². The summed E-state index contributed by atoms with van der Waals surface area (Å²) >= 11 is 8.35. The van der Waals surface area contributed by atoms with Gasteiger partial charge in [0.25, 0.3) is 0 Å². The summed E-state index contributed by atoms with van der Waals surface area (Å²) in [5.74, 6) is 0. The lowest BCUT2D eigenvalue weighted by Gasteiger charge is -2.00. The highest BCUT2D eigenvalue weighted by Gasteiger charge is 2.08. The summed E-state index contributed by atoms with van der Waals surface area (Å²) in [4.78, 5) is 4.41. The largest absolute Gasteiger partial charge is 0.277 e. The Hall–Kier alpha value is -0.290. The van der Waals surface area contributed by atoms with E-state index in [2.05, 4.69) is 27.6 Å². The van der Waals surface area contributed by atoms with Gasteiger partial charge in [0.05, 0.1) is 5.69 Å². The van der Waals surface area contributed by atoms with E-state index in [1.807, 2.05) is 30.4 Å². The van der Waals surface area contributed by atoms with E-state index < -0.39 is 0 Å². The van der Waals surface area contributed by atoms with E-state index in [4.69, 9.17) is 11.6 Å². The van der Waals surface area contributed by atoms with Crippen LogP contribution in [-0.4, -0.2) is 9.38 Å². The van der Waals surface area contributed by atoms with Crippen molar-refractivity contribution in [3.05, 3.63) is 32.2 Å². The Morgan fingerprint density at radius 3 is 2.77 bits per heavy atom. The van der Waals surface area contributed by atoms with Gasteiger partial charge in [-0.25, -0.2) is 4.98 Å². The van der Waals surface area contributed by atoms with E-state index in [1.165, 1.54) is 0 Å². The zero-order chi connectivity index (χ0) is 9.59. The highest BCUT2D eigenvalue weighted by molar-refractivity contribution is 14.1. The lowest BCUT2D eigenvalue weighted by molar-refractivity contribution is 1.13. The number of fused-ring (bicyclic) bond motifs is 1. The SMILES string of the molecule is Cc1cc(Cl)n2c(I)c(C)nc2c1. The lowest BCUT2D eigenvalue weighted by atomic mass is 10.3. The monoisotopic (exact) mass is 306 g/mol. The first-order valence-electron chi connectivity index (χ1n) is 3.90. The molecule has 2 aromatic heterocycles. The van der Waals surface area contributed by atoms with Crippen molar-refractivity contribution in [1.29, 1.82) is 0 Å². The minimum Gasteiger partial charge on any atom is -0.277 e. The van der Waals surface area contributed by atoms with E-state index in [0.29, 0.717) is 0 Å². The number of aryl methyl sites for hydroxylation is 2. The van der Waals surface area contributed by atoms with Crippen LogP contribution in [0, 0.1) is 17.5 Å². The summed E-state index contributed by atoms with van der Waals surface area (Å²) in [5, 5.41) is 0.722. The molecule has 0 spiro atoms. The molecule has 0 aliphatic carbocycles. The topological polar surface area (TPSA) is 17.3 Å². The van der Waals surface area contributed by atoms with Crippen molar-refractivity contribution in [1.82, 2.24) is 9.38 Å². The van der Waals surface area contributed by atoms with Crippen LogP contribution in [0.3, 0.4) is 0 Å². The molecule has 0 unspecified atom stereocenters. The molecule has 0 aliphatic rings. The molecular formula is C9H8ClIN2. The van der Waals surface area contributed by atoms with E-state index in [1.54, 1.807) is 0 Å². The third-order valence-electron chi connectivity index (χ3n) is 1.92. The van der Waals surface area contributed by atoms with E-state index in [9.17, 15) is 0 Å². The van der Waals surface area contributed by atoms with Gasteiger partial charge in [0.15, 0.2) is 0 Å². The molecule has 0 atom stereocenters. The number of aromatic nitrogens is 2. The van der Waals surface area contributed by atoms with Crippen LogP contribution in [0.25, 0.3) is 5.65 Å². The predicted octanol–water partition coefficient (Wildman–Crippen LogP) is 3.21. The molecule has 0 aliphatic heterocycles. The maximum absolute atomic E-state index is 6.10. The molecule has 0 fully saturated rings. The fourth-order valence-corrected chi connectivity index (χ4v) is 2.44. The van der Waals surface area contributed by atoms with Crippen molar-refractivity contribution in [2.45, 2.75) is 13.8 Å². The van der Waals surface area contributed by atoms with E-state index in [-0.39, 0.29) is 0 Å². The summed E-state index contributed by atoms with van der Waals surface area (Å²) in [6.07, 6.45) is 0. The molecule has 2 aromatic rings. The van der Waals surface area contributed by atoms with Crippen molar-refractivity contribution in [3.8, 4) is 0 Å². The zero-order valence-electron chi connectivity index (χ0n) is 7.31. The van der Waals surface area contributed by atoms with Crippen molar-refractivity contribution in [3.63, 3.8) is 0 Å². The van der Waals surface area contributed by atoms with Crippen molar-refractivity contribution in [2.24, 2.45) is 0 Å². The standard InChI is InChI=1S/C9H8ClIN2/c1-5-3-7(10)13-8(4-5)12-6(2)9(13)11/h3-4H,1-2H3. The van der Waals surface area contributed by atoms with Gasteiger partial charge in [-0.05, 0) is 54.1 Å². The number of pyridine rings is 1. The molecule has 0 aromatic carbocycles. The number of nitrogens with zero attached hydrogens (tertiary/aromatic N) is 2. The highest BCUT2D eigenvalue weighted by Crippen LogP contribution is 2.21. The molecule has 2 rings (SSSR count). The van der Waals surface area contributed by atoms with Gasteiger partial charge in [0.1, 0.15) is 14.5 Å². The maximum Gasteiger partial charge on any atom is 0.139 e. The van der Waals surface area contributed by atoms with Crippen LogP contribution in [0.5, 0.6) is 0 Å². The second-order valence-electron chi connectivity index (χ2n) is 3.04. The molecule has 13 heavy (non-hydrogen) atoms. The van der Waals surface area contributed by atoms with Crippen molar-refractivity contribution in [2.75, 3.05) is 0 Å². The molecule has 4 heteroatoms. The van der Waals surface area contributed by atoms with Crippen LogP contribution in [0.2, 0.25) is 5.15 Å². The molecule has 2 heterocycles. The van der Waals surface area contributed by atoms with Crippen molar-refractivity contribution >= 4 is 39.8 Å². The van der Waals surface area contributed by atoms with Crippen LogP contribution >= 0.6 is 34.2 Å².